The van der Waals surface area contributed by atoms with E-state index in [1.807, 2.05) is 30.3 Å². The molecular weight excluding hydrogens is 302 g/mol. The van der Waals surface area contributed by atoms with Crippen LogP contribution in [0.15, 0.2) is 47.4 Å². The molecule has 0 aromatic heterocycles. The highest BCUT2D eigenvalue weighted by Gasteiger charge is 2.31. The number of hydrogen-bond donors (Lipinski definition) is 1. The Morgan fingerprint density at radius 3 is 2.67 bits per heavy atom. The smallest absolute Gasteiger partial charge is 0.207 e. The molecule has 1 aliphatic carbocycles. The van der Waals surface area contributed by atoms with Crippen molar-refractivity contribution in [2.24, 2.45) is 0 Å². The van der Waals surface area contributed by atoms with E-state index in [1.54, 1.807) is 23.9 Å². The summed E-state index contributed by atoms with van der Waals surface area (Å²) >= 11 is 1.75. The molecule has 0 bridgehead atoms. The van der Waals surface area contributed by atoms with Crippen molar-refractivity contribution in [3.8, 4) is 0 Å². The Labute approximate surface area is 130 Å². The Kier molecular flexibility index (Phi) is 4.24. The first kappa shape index (κ1) is 14.9. The van der Waals surface area contributed by atoms with Crippen molar-refractivity contribution in [3.63, 3.8) is 0 Å². The van der Waals surface area contributed by atoms with Gasteiger partial charge in [-0.2, -0.15) is 11.8 Å². The van der Waals surface area contributed by atoms with Crippen LogP contribution in [0.2, 0.25) is 0 Å². The molecule has 2 aromatic rings. The van der Waals surface area contributed by atoms with Crippen LogP contribution in [0.25, 0.3) is 10.8 Å². The first-order chi connectivity index (χ1) is 10.1. The van der Waals surface area contributed by atoms with Gasteiger partial charge in [0.15, 0.2) is 0 Å². The van der Waals surface area contributed by atoms with Gasteiger partial charge in [0.1, 0.15) is 0 Å². The number of benzene rings is 2. The Hall–Kier alpha value is -1.04. The minimum Gasteiger partial charge on any atom is -0.207 e. The van der Waals surface area contributed by atoms with E-state index >= 15 is 0 Å². The first-order valence-electron chi connectivity index (χ1n) is 7.15. The maximum Gasteiger partial charge on any atom is 0.241 e. The zero-order valence-corrected chi connectivity index (χ0v) is 13.6. The average molecular weight is 321 g/mol. The summed E-state index contributed by atoms with van der Waals surface area (Å²) in [5.74, 6) is 0. The highest BCUT2D eigenvalue weighted by atomic mass is 32.2. The second-order valence-electron chi connectivity index (χ2n) is 5.41. The molecule has 2 unspecified atom stereocenters. The molecule has 0 spiro atoms. The van der Waals surface area contributed by atoms with Gasteiger partial charge in [-0.05, 0) is 30.6 Å². The maximum absolute atomic E-state index is 12.7. The standard InChI is InChI=1S/C16H19NO2S2/c1-20-15-10-5-9-14(15)17-21(18,19)16-11-4-7-12-6-2-3-8-13(12)16/h2-4,6-8,11,14-15,17H,5,9-10H2,1H3. The number of nitrogens with one attached hydrogen (secondary N) is 1. The molecule has 1 fully saturated rings. The summed E-state index contributed by atoms with van der Waals surface area (Å²) in [6, 6.07) is 13.1. The molecule has 0 heterocycles. The summed E-state index contributed by atoms with van der Waals surface area (Å²) in [6.45, 7) is 0. The third-order valence-corrected chi connectivity index (χ3v) is 6.82. The molecule has 5 heteroatoms. The average Bonchev–Trinajstić information content (AvgIpc) is 2.93. The molecule has 0 aliphatic heterocycles. The van der Waals surface area contributed by atoms with Crippen LogP contribution in [0, 0.1) is 0 Å². The van der Waals surface area contributed by atoms with E-state index in [-0.39, 0.29) is 6.04 Å². The summed E-state index contributed by atoms with van der Waals surface area (Å²) in [5.41, 5.74) is 0. The quantitative estimate of drug-likeness (QED) is 0.939. The lowest BCUT2D eigenvalue weighted by atomic mass is 10.1. The van der Waals surface area contributed by atoms with E-state index in [9.17, 15) is 8.42 Å². The van der Waals surface area contributed by atoms with Gasteiger partial charge in [0, 0.05) is 16.7 Å². The largest absolute Gasteiger partial charge is 0.241 e. The topological polar surface area (TPSA) is 46.2 Å². The second-order valence-corrected chi connectivity index (χ2v) is 8.17. The third kappa shape index (κ3) is 2.96. The van der Waals surface area contributed by atoms with E-state index in [0.29, 0.717) is 10.1 Å². The molecule has 2 atom stereocenters. The maximum atomic E-state index is 12.7. The zero-order valence-electron chi connectivity index (χ0n) is 12.0. The summed E-state index contributed by atoms with van der Waals surface area (Å²) in [4.78, 5) is 0.382. The summed E-state index contributed by atoms with van der Waals surface area (Å²) < 4.78 is 28.4. The molecule has 1 aliphatic rings. The molecule has 0 radical (unpaired) electrons. The Morgan fingerprint density at radius 1 is 1.10 bits per heavy atom. The molecular formula is C16H19NO2S2. The summed E-state index contributed by atoms with van der Waals surface area (Å²) in [7, 11) is -3.48. The number of rotatable bonds is 4. The van der Waals surface area contributed by atoms with Crippen molar-refractivity contribution < 1.29 is 8.42 Å². The molecule has 21 heavy (non-hydrogen) atoms. The summed E-state index contributed by atoms with van der Waals surface area (Å²) in [5, 5.41) is 2.12. The number of hydrogen-bond acceptors (Lipinski definition) is 3. The molecule has 112 valence electrons. The van der Waals surface area contributed by atoms with Crippen molar-refractivity contribution in [2.75, 3.05) is 6.26 Å². The van der Waals surface area contributed by atoms with Gasteiger partial charge in [-0.15, -0.1) is 0 Å². The van der Waals surface area contributed by atoms with Gasteiger partial charge in [0.25, 0.3) is 0 Å². The van der Waals surface area contributed by atoms with Crippen LogP contribution in [0.4, 0.5) is 0 Å². The number of fused-ring (bicyclic) bond motifs is 1. The number of sulfonamides is 1. The molecule has 2 aromatic carbocycles. The summed E-state index contributed by atoms with van der Waals surface area (Å²) in [6.07, 6.45) is 5.16. The predicted octanol–water partition coefficient (Wildman–Crippen LogP) is 3.40. The van der Waals surface area contributed by atoms with Gasteiger partial charge in [-0.3, -0.25) is 0 Å². The minimum atomic E-state index is -3.48. The van der Waals surface area contributed by atoms with E-state index in [2.05, 4.69) is 11.0 Å². The fraction of sp³-hybridized carbons (Fsp3) is 0.375. The SMILES string of the molecule is CSC1CCCC1NS(=O)(=O)c1cccc2ccccc12. The Balaban J connectivity index is 1.97. The van der Waals surface area contributed by atoms with E-state index in [0.717, 1.165) is 30.0 Å². The highest BCUT2D eigenvalue weighted by Crippen LogP contribution is 2.30. The van der Waals surface area contributed by atoms with Gasteiger partial charge in [-0.25, -0.2) is 13.1 Å². The zero-order chi connectivity index (χ0) is 14.9. The lowest BCUT2D eigenvalue weighted by Gasteiger charge is -2.19. The molecule has 3 rings (SSSR count). The van der Waals surface area contributed by atoms with E-state index < -0.39 is 10.0 Å². The second kappa shape index (κ2) is 5.99. The van der Waals surface area contributed by atoms with Crippen LogP contribution < -0.4 is 4.72 Å². The lowest BCUT2D eigenvalue weighted by molar-refractivity contribution is 0.556. The van der Waals surface area contributed by atoms with Crippen LogP contribution in [0.5, 0.6) is 0 Å². The van der Waals surface area contributed by atoms with Crippen molar-refractivity contribution >= 4 is 32.6 Å². The Morgan fingerprint density at radius 2 is 1.86 bits per heavy atom. The van der Waals surface area contributed by atoms with Crippen LogP contribution in [-0.4, -0.2) is 26.0 Å². The molecule has 1 N–H and O–H groups in total. The predicted molar refractivity (Wildman–Crippen MR) is 89.2 cm³/mol. The van der Waals surface area contributed by atoms with E-state index in [1.165, 1.54) is 0 Å². The van der Waals surface area contributed by atoms with Crippen molar-refractivity contribution in [1.82, 2.24) is 4.72 Å². The highest BCUT2D eigenvalue weighted by molar-refractivity contribution is 7.99. The fourth-order valence-electron chi connectivity index (χ4n) is 3.04. The van der Waals surface area contributed by atoms with Crippen molar-refractivity contribution in [3.05, 3.63) is 42.5 Å². The van der Waals surface area contributed by atoms with Crippen LogP contribution in [0.1, 0.15) is 19.3 Å². The van der Waals surface area contributed by atoms with Crippen molar-refractivity contribution in [1.29, 1.82) is 0 Å². The molecule has 0 saturated heterocycles. The van der Waals surface area contributed by atoms with Crippen LogP contribution >= 0.6 is 11.8 Å². The lowest BCUT2D eigenvalue weighted by Crippen LogP contribution is -2.38. The van der Waals surface area contributed by atoms with Gasteiger partial charge in [0.2, 0.25) is 10.0 Å². The molecule has 0 amide bonds. The first-order valence-corrected chi connectivity index (χ1v) is 9.92. The Bertz CT molecular complexity index is 738. The molecule has 1 saturated carbocycles. The van der Waals surface area contributed by atoms with E-state index in [4.69, 9.17) is 0 Å². The fourth-order valence-corrected chi connectivity index (χ4v) is 5.60. The third-order valence-electron chi connectivity index (χ3n) is 4.10. The van der Waals surface area contributed by atoms with Gasteiger partial charge < -0.3 is 0 Å². The number of thioether (sulfide) groups is 1. The van der Waals surface area contributed by atoms with Gasteiger partial charge in [-0.1, -0.05) is 42.8 Å². The minimum absolute atomic E-state index is 0.0453. The monoisotopic (exact) mass is 321 g/mol. The normalized spacial score (nSPS) is 22.7. The van der Waals surface area contributed by atoms with Crippen molar-refractivity contribution in [2.45, 2.75) is 35.4 Å². The van der Waals surface area contributed by atoms with Crippen LogP contribution in [0.3, 0.4) is 0 Å². The van der Waals surface area contributed by atoms with Crippen LogP contribution in [-0.2, 0) is 10.0 Å². The van der Waals surface area contributed by atoms with Gasteiger partial charge in [0.05, 0.1) is 4.90 Å². The van der Waals surface area contributed by atoms with Gasteiger partial charge >= 0.3 is 0 Å². The molecule has 3 nitrogen and oxygen atoms in total.